The molecule has 5 heteroatoms. The van der Waals surface area contributed by atoms with Gasteiger partial charge in [0.25, 0.3) is 0 Å². The first-order valence-electron chi connectivity index (χ1n) is 5.78. The molecule has 0 fully saturated rings. The lowest BCUT2D eigenvalue weighted by molar-refractivity contribution is -0.141. The summed E-state index contributed by atoms with van der Waals surface area (Å²) in [7, 11) is 0. The predicted molar refractivity (Wildman–Crippen MR) is 71.7 cm³/mol. The van der Waals surface area contributed by atoms with Crippen LogP contribution in [0.1, 0.15) is 25.0 Å². The first-order valence-corrected chi connectivity index (χ1v) is 6.41. The maximum atomic E-state index is 10.9. The first-order chi connectivity index (χ1) is 8.54. The number of hydrogen-bond acceptors (Lipinski definition) is 5. The Morgan fingerprint density at radius 1 is 1.39 bits per heavy atom. The van der Waals surface area contributed by atoms with E-state index in [9.17, 15) is 9.90 Å². The average molecular weight is 270 g/mol. The van der Waals surface area contributed by atoms with Crippen molar-refractivity contribution in [2.24, 2.45) is 5.92 Å². The zero-order valence-electron chi connectivity index (χ0n) is 10.2. The smallest absolute Gasteiger partial charge is 0.315 e. The molecule has 100 valence electrons. The molecule has 4 nitrogen and oxygen atoms in total. The SMILES string of the molecule is C[C@H](CCOC(=O)CS)[C@H](O)c1ccc(O)cc1. The quantitative estimate of drug-likeness (QED) is 0.546. The van der Waals surface area contributed by atoms with Gasteiger partial charge in [0, 0.05) is 0 Å². The van der Waals surface area contributed by atoms with Crippen molar-refractivity contribution in [1.82, 2.24) is 0 Å². The standard InChI is InChI=1S/C13H18O4S/c1-9(6-7-17-12(15)8-18)13(16)10-2-4-11(14)5-3-10/h2-5,9,13-14,16,18H,6-8H2,1H3/t9-,13+/m1/s1. The van der Waals surface area contributed by atoms with E-state index in [1.54, 1.807) is 12.1 Å². The molecule has 1 aromatic carbocycles. The Morgan fingerprint density at radius 2 is 2.00 bits per heavy atom. The van der Waals surface area contributed by atoms with E-state index in [2.05, 4.69) is 12.6 Å². The molecule has 0 radical (unpaired) electrons. The van der Waals surface area contributed by atoms with E-state index < -0.39 is 6.10 Å². The van der Waals surface area contributed by atoms with Gasteiger partial charge in [0.2, 0.25) is 0 Å². The van der Waals surface area contributed by atoms with Gasteiger partial charge in [0.15, 0.2) is 0 Å². The summed E-state index contributed by atoms with van der Waals surface area (Å²) in [5.41, 5.74) is 0.737. The number of rotatable bonds is 6. The third-order valence-electron chi connectivity index (χ3n) is 2.74. The van der Waals surface area contributed by atoms with Crippen LogP contribution in [0.25, 0.3) is 0 Å². The van der Waals surface area contributed by atoms with Crippen LogP contribution >= 0.6 is 12.6 Å². The molecule has 0 unspecified atom stereocenters. The van der Waals surface area contributed by atoms with Crippen molar-refractivity contribution in [2.75, 3.05) is 12.4 Å². The highest BCUT2D eigenvalue weighted by Gasteiger charge is 2.16. The Hall–Kier alpha value is -1.20. The fourth-order valence-electron chi connectivity index (χ4n) is 1.56. The van der Waals surface area contributed by atoms with E-state index in [1.165, 1.54) is 12.1 Å². The van der Waals surface area contributed by atoms with Crippen molar-refractivity contribution in [3.8, 4) is 5.75 Å². The van der Waals surface area contributed by atoms with Crippen molar-refractivity contribution in [1.29, 1.82) is 0 Å². The van der Waals surface area contributed by atoms with Crippen molar-refractivity contribution in [3.63, 3.8) is 0 Å². The summed E-state index contributed by atoms with van der Waals surface area (Å²) in [6.07, 6.45) is -0.0676. The van der Waals surface area contributed by atoms with E-state index in [0.717, 1.165) is 5.56 Å². The largest absolute Gasteiger partial charge is 0.508 e. The Morgan fingerprint density at radius 3 is 2.56 bits per heavy atom. The molecule has 0 heterocycles. The van der Waals surface area contributed by atoms with Crippen LogP contribution in [0.4, 0.5) is 0 Å². The van der Waals surface area contributed by atoms with Crippen LogP contribution in [-0.2, 0) is 9.53 Å². The summed E-state index contributed by atoms with van der Waals surface area (Å²) in [5, 5.41) is 19.2. The van der Waals surface area contributed by atoms with Crippen molar-refractivity contribution < 1.29 is 19.7 Å². The molecule has 0 spiro atoms. The van der Waals surface area contributed by atoms with Crippen LogP contribution in [0.2, 0.25) is 0 Å². The molecule has 1 rings (SSSR count). The Balaban J connectivity index is 2.43. The zero-order valence-corrected chi connectivity index (χ0v) is 11.1. The van der Waals surface area contributed by atoms with Gasteiger partial charge in [-0.15, -0.1) is 0 Å². The molecule has 2 N–H and O–H groups in total. The van der Waals surface area contributed by atoms with E-state index in [1.807, 2.05) is 6.92 Å². The number of phenolic OH excluding ortho intramolecular Hbond substituents is 1. The highest BCUT2D eigenvalue weighted by molar-refractivity contribution is 7.81. The van der Waals surface area contributed by atoms with Crippen LogP contribution < -0.4 is 0 Å². The highest BCUT2D eigenvalue weighted by Crippen LogP contribution is 2.25. The van der Waals surface area contributed by atoms with Gasteiger partial charge in [-0.2, -0.15) is 12.6 Å². The first kappa shape index (κ1) is 14.9. The van der Waals surface area contributed by atoms with Crippen molar-refractivity contribution >= 4 is 18.6 Å². The van der Waals surface area contributed by atoms with Gasteiger partial charge in [-0.05, 0) is 30.0 Å². The second-order valence-corrected chi connectivity index (χ2v) is 4.50. The van der Waals surface area contributed by atoms with Crippen molar-refractivity contribution in [3.05, 3.63) is 29.8 Å². The number of carbonyl (C=O) groups excluding carboxylic acids is 1. The summed E-state index contributed by atoms with van der Waals surface area (Å²) in [4.78, 5) is 10.9. The van der Waals surface area contributed by atoms with Gasteiger partial charge in [0.1, 0.15) is 5.75 Å². The Labute approximate surface area is 112 Å². The lowest BCUT2D eigenvalue weighted by Gasteiger charge is -2.19. The molecular formula is C13H18O4S. The lowest BCUT2D eigenvalue weighted by Crippen LogP contribution is -2.14. The number of aromatic hydroxyl groups is 1. The lowest BCUT2D eigenvalue weighted by atomic mass is 9.95. The summed E-state index contributed by atoms with van der Waals surface area (Å²) in [6.45, 7) is 2.15. The van der Waals surface area contributed by atoms with Gasteiger partial charge >= 0.3 is 5.97 Å². The molecule has 1 aromatic rings. The van der Waals surface area contributed by atoms with E-state index in [0.29, 0.717) is 6.42 Å². The predicted octanol–water partition coefficient (Wildman–Crippen LogP) is 1.92. The van der Waals surface area contributed by atoms with Crippen LogP contribution in [0.15, 0.2) is 24.3 Å². The zero-order chi connectivity index (χ0) is 13.5. The molecule has 0 saturated heterocycles. The van der Waals surface area contributed by atoms with Gasteiger partial charge in [-0.3, -0.25) is 4.79 Å². The number of hydrogen-bond donors (Lipinski definition) is 3. The minimum Gasteiger partial charge on any atom is -0.508 e. The van der Waals surface area contributed by atoms with Gasteiger partial charge < -0.3 is 14.9 Å². The van der Waals surface area contributed by atoms with Crippen LogP contribution in [0.5, 0.6) is 5.75 Å². The average Bonchev–Trinajstić information content (AvgIpc) is 2.38. The molecule has 0 aromatic heterocycles. The molecule has 18 heavy (non-hydrogen) atoms. The maximum Gasteiger partial charge on any atom is 0.315 e. The molecular weight excluding hydrogens is 252 g/mol. The van der Waals surface area contributed by atoms with Crippen molar-refractivity contribution in [2.45, 2.75) is 19.4 Å². The second kappa shape index (κ2) is 7.28. The fourth-order valence-corrected chi connectivity index (χ4v) is 1.65. The third-order valence-corrected chi connectivity index (χ3v) is 3.00. The number of carbonyl (C=O) groups is 1. The molecule has 2 atom stereocenters. The summed E-state index contributed by atoms with van der Waals surface area (Å²) in [6, 6.07) is 6.42. The molecule has 0 aliphatic heterocycles. The number of aliphatic hydroxyl groups excluding tert-OH is 1. The fraction of sp³-hybridized carbons (Fsp3) is 0.462. The summed E-state index contributed by atoms with van der Waals surface area (Å²) < 4.78 is 4.90. The van der Waals surface area contributed by atoms with Gasteiger partial charge in [-0.1, -0.05) is 19.1 Å². The van der Waals surface area contributed by atoms with Gasteiger partial charge in [-0.25, -0.2) is 0 Å². The highest BCUT2D eigenvalue weighted by atomic mass is 32.1. The van der Waals surface area contributed by atoms with Crippen LogP contribution in [0.3, 0.4) is 0 Å². The number of esters is 1. The minimum atomic E-state index is -0.639. The topological polar surface area (TPSA) is 66.8 Å². The molecule has 0 aliphatic rings. The number of ether oxygens (including phenoxy) is 1. The number of benzene rings is 1. The second-order valence-electron chi connectivity index (χ2n) is 4.18. The third kappa shape index (κ3) is 4.58. The summed E-state index contributed by atoms with van der Waals surface area (Å²) in [5.74, 6) is -0.164. The Kier molecular flexibility index (Phi) is 6.01. The maximum absolute atomic E-state index is 10.9. The Bertz CT molecular complexity index is 377. The molecule has 0 bridgehead atoms. The molecule has 0 amide bonds. The number of phenols is 1. The molecule has 0 saturated carbocycles. The summed E-state index contributed by atoms with van der Waals surface area (Å²) >= 11 is 3.80. The normalized spacial score (nSPS) is 13.9. The van der Waals surface area contributed by atoms with E-state index in [-0.39, 0.29) is 30.0 Å². The van der Waals surface area contributed by atoms with Gasteiger partial charge in [0.05, 0.1) is 18.5 Å². The minimum absolute atomic E-state index is 0.0396. The number of thiol groups is 1. The van der Waals surface area contributed by atoms with Crippen LogP contribution in [0, 0.1) is 5.92 Å². The molecule has 0 aliphatic carbocycles. The monoisotopic (exact) mass is 270 g/mol. The number of aliphatic hydroxyl groups is 1. The van der Waals surface area contributed by atoms with E-state index in [4.69, 9.17) is 9.84 Å². The van der Waals surface area contributed by atoms with E-state index >= 15 is 0 Å². The van der Waals surface area contributed by atoms with Crippen LogP contribution in [-0.4, -0.2) is 28.5 Å².